The Bertz CT molecular complexity index is 222. The molecule has 0 bridgehead atoms. The van der Waals surface area contributed by atoms with Crippen LogP contribution in [0.2, 0.25) is 0 Å². The minimum Gasteiger partial charge on any atom is -0.481 e. The molecule has 88 valence electrons. The Balaban J connectivity index is 2.55. The van der Waals surface area contributed by atoms with E-state index in [2.05, 4.69) is 0 Å². The molecular formula is C11H21NO3. The number of likely N-dealkylation sites (N-methyl/N-ethyl adjacent to an activating group) is 1. The lowest BCUT2D eigenvalue weighted by molar-refractivity contribution is -0.150. The third kappa shape index (κ3) is 3.18. The van der Waals surface area contributed by atoms with Gasteiger partial charge in [0.25, 0.3) is 0 Å². The Morgan fingerprint density at radius 3 is 2.33 bits per heavy atom. The Hall–Kier alpha value is -0.610. The highest BCUT2D eigenvalue weighted by Crippen LogP contribution is 2.42. The number of carboxylic acids is 1. The highest BCUT2D eigenvalue weighted by molar-refractivity contribution is 5.75. The van der Waals surface area contributed by atoms with Gasteiger partial charge in [-0.1, -0.05) is 12.8 Å². The molecule has 0 heterocycles. The normalized spacial score (nSPS) is 21.9. The second-order valence-corrected chi connectivity index (χ2v) is 4.91. The number of aliphatic hydroxyl groups excluding tert-OH is 1. The fourth-order valence-electron chi connectivity index (χ4n) is 2.49. The Morgan fingerprint density at radius 1 is 1.40 bits per heavy atom. The molecule has 1 aliphatic rings. The van der Waals surface area contributed by atoms with Gasteiger partial charge in [0.05, 0.1) is 11.5 Å². The van der Waals surface area contributed by atoms with Gasteiger partial charge < -0.3 is 15.1 Å². The Morgan fingerprint density at radius 2 is 1.93 bits per heavy atom. The van der Waals surface area contributed by atoms with Gasteiger partial charge >= 0.3 is 5.97 Å². The van der Waals surface area contributed by atoms with Crippen LogP contribution in [0.5, 0.6) is 0 Å². The summed E-state index contributed by atoms with van der Waals surface area (Å²) in [5.74, 6) is -0.738. The maximum atomic E-state index is 11.2. The van der Waals surface area contributed by atoms with Crippen molar-refractivity contribution in [1.29, 1.82) is 0 Å². The predicted octanol–water partition coefficient (Wildman–Crippen LogP) is 0.944. The van der Waals surface area contributed by atoms with Gasteiger partial charge in [-0.05, 0) is 33.4 Å². The van der Waals surface area contributed by atoms with E-state index in [1.807, 2.05) is 19.0 Å². The summed E-state index contributed by atoms with van der Waals surface area (Å²) < 4.78 is 0. The zero-order chi connectivity index (χ0) is 11.5. The van der Waals surface area contributed by atoms with E-state index in [0.717, 1.165) is 12.8 Å². The van der Waals surface area contributed by atoms with E-state index in [1.54, 1.807) is 0 Å². The van der Waals surface area contributed by atoms with Crippen LogP contribution in [0.15, 0.2) is 0 Å². The largest absolute Gasteiger partial charge is 0.481 e. The summed E-state index contributed by atoms with van der Waals surface area (Å²) in [4.78, 5) is 13.1. The summed E-state index contributed by atoms with van der Waals surface area (Å²) in [6, 6.07) is 0. The second kappa shape index (κ2) is 4.94. The lowest BCUT2D eigenvalue weighted by Crippen LogP contribution is -2.36. The molecule has 4 nitrogen and oxygen atoms in total. The van der Waals surface area contributed by atoms with E-state index in [9.17, 15) is 15.0 Å². The molecule has 1 aliphatic carbocycles. The van der Waals surface area contributed by atoms with Crippen molar-refractivity contribution in [2.45, 2.75) is 38.2 Å². The van der Waals surface area contributed by atoms with Crippen molar-refractivity contribution in [2.24, 2.45) is 5.41 Å². The number of nitrogens with zero attached hydrogens (tertiary/aromatic N) is 1. The first kappa shape index (κ1) is 12.5. The van der Waals surface area contributed by atoms with Gasteiger partial charge in [0, 0.05) is 6.54 Å². The number of rotatable bonds is 5. The topological polar surface area (TPSA) is 60.8 Å². The average molecular weight is 215 g/mol. The molecule has 0 unspecified atom stereocenters. The minimum atomic E-state index is -0.738. The summed E-state index contributed by atoms with van der Waals surface area (Å²) in [7, 11) is 3.76. The minimum absolute atomic E-state index is 0.389. The molecule has 1 atom stereocenters. The first-order chi connectivity index (χ1) is 6.96. The SMILES string of the molecule is CN(C)C[C@H](O)CC1(C(=O)O)CCCC1. The van der Waals surface area contributed by atoms with Gasteiger partial charge in [0.1, 0.15) is 0 Å². The Labute approximate surface area is 90.9 Å². The lowest BCUT2D eigenvalue weighted by Gasteiger charge is -2.27. The number of aliphatic carboxylic acids is 1. The van der Waals surface area contributed by atoms with Gasteiger partial charge in [0.2, 0.25) is 0 Å². The van der Waals surface area contributed by atoms with Gasteiger partial charge in [-0.15, -0.1) is 0 Å². The number of aliphatic hydroxyl groups is 1. The molecule has 0 aromatic rings. The average Bonchev–Trinajstić information content (AvgIpc) is 2.52. The van der Waals surface area contributed by atoms with Crippen LogP contribution >= 0.6 is 0 Å². The first-order valence-corrected chi connectivity index (χ1v) is 5.52. The molecule has 0 saturated heterocycles. The maximum absolute atomic E-state index is 11.2. The summed E-state index contributed by atoms with van der Waals surface area (Å²) in [5.41, 5.74) is -0.657. The summed E-state index contributed by atoms with van der Waals surface area (Å²) in [6.45, 7) is 0.537. The van der Waals surface area contributed by atoms with Gasteiger partial charge in [-0.2, -0.15) is 0 Å². The van der Waals surface area contributed by atoms with Crippen molar-refractivity contribution in [1.82, 2.24) is 4.90 Å². The zero-order valence-electron chi connectivity index (χ0n) is 9.57. The molecule has 1 rings (SSSR count). The summed E-state index contributed by atoms with van der Waals surface area (Å²) in [6.07, 6.45) is 3.23. The van der Waals surface area contributed by atoms with Crippen molar-refractivity contribution < 1.29 is 15.0 Å². The molecule has 0 spiro atoms. The van der Waals surface area contributed by atoms with E-state index in [4.69, 9.17) is 0 Å². The maximum Gasteiger partial charge on any atom is 0.309 e. The van der Waals surface area contributed by atoms with Crippen molar-refractivity contribution in [3.8, 4) is 0 Å². The predicted molar refractivity (Wildman–Crippen MR) is 57.7 cm³/mol. The zero-order valence-corrected chi connectivity index (χ0v) is 9.57. The Kier molecular flexibility index (Phi) is 4.11. The van der Waals surface area contributed by atoms with Crippen LogP contribution in [-0.2, 0) is 4.79 Å². The molecule has 15 heavy (non-hydrogen) atoms. The van der Waals surface area contributed by atoms with Crippen molar-refractivity contribution in [2.75, 3.05) is 20.6 Å². The molecule has 0 aromatic carbocycles. The number of hydrogen-bond acceptors (Lipinski definition) is 3. The fraction of sp³-hybridized carbons (Fsp3) is 0.909. The highest BCUT2D eigenvalue weighted by atomic mass is 16.4. The van der Waals surface area contributed by atoms with Crippen molar-refractivity contribution in [3.05, 3.63) is 0 Å². The van der Waals surface area contributed by atoms with Gasteiger partial charge in [-0.3, -0.25) is 4.79 Å². The molecule has 1 saturated carbocycles. The molecule has 0 aliphatic heterocycles. The van der Waals surface area contributed by atoms with E-state index in [0.29, 0.717) is 25.8 Å². The van der Waals surface area contributed by atoms with E-state index in [1.165, 1.54) is 0 Å². The van der Waals surface area contributed by atoms with E-state index < -0.39 is 17.5 Å². The van der Waals surface area contributed by atoms with Crippen molar-refractivity contribution in [3.63, 3.8) is 0 Å². The molecule has 0 amide bonds. The number of carboxylic acid groups (broad SMARTS) is 1. The van der Waals surface area contributed by atoms with Crippen LogP contribution in [0.4, 0.5) is 0 Å². The van der Waals surface area contributed by atoms with E-state index in [-0.39, 0.29) is 0 Å². The molecule has 4 heteroatoms. The van der Waals surface area contributed by atoms with Crippen LogP contribution in [-0.4, -0.2) is 47.8 Å². The van der Waals surface area contributed by atoms with Crippen LogP contribution in [0, 0.1) is 5.41 Å². The van der Waals surface area contributed by atoms with Crippen molar-refractivity contribution >= 4 is 5.97 Å². The molecular weight excluding hydrogens is 194 g/mol. The lowest BCUT2D eigenvalue weighted by atomic mass is 9.80. The van der Waals surface area contributed by atoms with Gasteiger partial charge in [0.15, 0.2) is 0 Å². The summed E-state index contributed by atoms with van der Waals surface area (Å²) >= 11 is 0. The summed E-state index contributed by atoms with van der Waals surface area (Å²) in [5, 5.41) is 19.0. The smallest absolute Gasteiger partial charge is 0.309 e. The van der Waals surface area contributed by atoms with Crippen LogP contribution < -0.4 is 0 Å². The molecule has 2 N–H and O–H groups in total. The monoisotopic (exact) mass is 215 g/mol. The van der Waals surface area contributed by atoms with Crippen LogP contribution in [0.3, 0.4) is 0 Å². The van der Waals surface area contributed by atoms with Gasteiger partial charge in [-0.25, -0.2) is 0 Å². The number of carbonyl (C=O) groups is 1. The van der Waals surface area contributed by atoms with Crippen LogP contribution in [0.25, 0.3) is 0 Å². The second-order valence-electron chi connectivity index (χ2n) is 4.91. The third-order valence-corrected chi connectivity index (χ3v) is 3.22. The number of hydrogen-bond donors (Lipinski definition) is 2. The fourth-order valence-corrected chi connectivity index (χ4v) is 2.49. The first-order valence-electron chi connectivity index (χ1n) is 5.52. The van der Waals surface area contributed by atoms with E-state index >= 15 is 0 Å². The standard InChI is InChI=1S/C11H21NO3/c1-12(2)8-9(13)7-11(10(14)15)5-3-4-6-11/h9,13H,3-8H2,1-2H3,(H,14,15)/t9-/m1/s1. The highest BCUT2D eigenvalue weighted by Gasteiger charge is 2.42. The van der Waals surface area contributed by atoms with Crippen LogP contribution in [0.1, 0.15) is 32.1 Å². The molecule has 1 fully saturated rings. The molecule has 0 radical (unpaired) electrons. The quantitative estimate of drug-likeness (QED) is 0.716. The third-order valence-electron chi connectivity index (χ3n) is 3.22. The molecule has 0 aromatic heterocycles.